The summed E-state index contributed by atoms with van der Waals surface area (Å²) in [6.45, 7) is 2.77. The van der Waals surface area contributed by atoms with Crippen LogP contribution in [0.25, 0.3) is 0 Å². The number of likely N-dealkylation sites (tertiary alicyclic amines) is 1. The van der Waals surface area contributed by atoms with Gasteiger partial charge < -0.3 is 14.6 Å². The quantitative estimate of drug-likeness (QED) is 0.577. The molecule has 33 heavy (non-hydrogen) atoms. The fraction of sp³-hybridized carbons (Fsp3) is 0.250. The Morgan fingerprint density at radius 3 is 2.39 bits per heavy atom. The second-order valence-electron chi connectivity index (χ2n) is 8.01. The van der Waals surface area contributed by atoms with Crippen molar-refractivity contribution in [3.05, 3.63) is 83.8 Å². The first kappa shape index (κ1) is 22.8. The van der Waals surface area contributed by atoms with Gasteiger partial charge in [-0.2, -0.15) is 0 Å². The molecule has 1 aromatic heterocycles. The minimum absolute atomic E-state index is 0.163. The van der Waals surface area contributed by atoms with Gasteiger partial charge in [0.15, 0.2) is 5.76 Å². The van der Waals surface area contributed by atoms with Gasteiger partial charge in [0.1, 0.15) is 0 Å². The Morgan fingerprint density at radius 1 is 1.00 bits per heavy atom. The van der Waals surface area contributed by atoms with E-state index in [0.717, 1.165) is 5.56 Å². The number of rotatable bonds is 6. The molecule has 2 amide bonds. The Kier molecular flexibility index (Phi) is 6.62. The highest BCUT2D eigenvalue weighted by molar-refractivity contribution is 7.89. The number of hydrogen-bond acceptors (Lipinski definition) is 5. The zero-order valence-electron chi connectivity index (χ0n) is 18.2. The summed E-state index contributed by atoms with van der Waals surface area (Å²) in [6, 6.07) is 16.4. The first-order chi connectivity index (χ1) is 15.8. The van der Waals surface area contributed by atoms with Crippen LogP contribution in [-0.4, -0.2) is 44.3 Å². The van der Waals surface area contributed by atoms with Crippen molar-refractivity contribution >= 4 is 27.5 Å². The summed E-state index contributed by atoms with van der Waals surface area (Å²) in [5.74, 6) is -0.378. The Balaban J connectivity index is 1.34. The fourth-order valence-electron chi connectivity index (χ4n) is 3.72. The predicted molar refractivity (Wildman–Crippen MR) is 124 cm³/mol. The molecule has 1 saturated heterocycles. The number of hydrogen-bond donors (Lipinski definition) is 2. The molecule has 4 rings (SSSR count). The number of aryl methyl sites for hydroxylation is 1. The normalized spacial score (nSPS) is 14.8. The number of carbonyl (C=O) groups is 2. The second-order valence-corrected chi connectivity index (χ2v) is 9.73. The first-order valence-corrected chi connectivity index (χ1v) is 12.1. The van der Waals surface area contributed by atoms with Gasteiger partial charge in [-0.3, -0.25) is 9.59 Å². The third-order valence-corrected chi connectivity index (χ3v) is 7.08. The van der Waals surface area contributed by atoms with E-state index in [1.54, 1.807) is 65.6 Å². The van der Waals surface area contributed by atoms with E-state index >= 15 is 0 Å². The molecule has 0 bridgehead atoms. The summed E-state index contributed by atoms with van der Waals surface area (Å²) < 4.78 is 33.1. The number of nitrogens with one attached hydrogen (secondary N) is 2. The number of nitrogens with zero attached hydrogens (tertiary/aromatic N) is 1. The van der Waals surface area contributed by atoms with Gasteiger partial charge in [0, 0.05) is 30.4 Å². The van der Waals surface area contributed by atoms with Crippen LogP contribution in [0.3, 0.4) is 0 Å². The molecule has 2 N–H and O–H groups in total. The first-order valence-electron chi connectivity index (χ1n) is 10.6. The van der Waals surface area contributed by atoms with E-state index in [0.29, 0.717) is 37.2 Å². The highest BCUT2D eigenvalue weighted by atomic mass is 32.2. The Morgan fingerprint density at radius 2 is 1.73 bits per heavy atom. The summed E-state index contributed by atoms with van der Waals surface area (Å²) in [4.78, 5) is 27.1. The molecule has 8 nitrogen and oxygen atoms in total. The summed E-state index contributed by atoms with van der Waals surface area (Å²) in [5, 5.41) is 2.71. The van der Waals surface area contributed by atoms with Crippen molar-refractivity contribution in [3.63, 3.8) is 0 Å². The molecule has 2 heterocycles. The summed E-state index contributed by atoms with van der Waals surface area (Å²) >= 11 is 0. The van der Waals surface area contributed by atoms with Crippen LogP contribution in [0.4, 0.5) is 5.69 Å². The molecule has 0 radical (unpaired) electrons. The SMILES string of the molecule is Cc1ccc(S(=O)(=O)NC2CCN(C(=O)c3cccc(NC(=O)c4ccco4)c3)CC2)cc1. The van der Waals surface area contributed by atoms with Crippen molar-refractivity contribution in [1.29, 1.82) is 0 Å². The Bertz CT molecular complexity index is 1230. The second kappa shape index (κ2) is 9.60. The molecule has 172 valence electrons. The zero-order valence-corrected chi connectivity index (χ0v) is 19.0. The lowest BCUT2D eigenvalue weighted by Crippen LogP contribution is -2.46. The molecule has 0 atom stereocenters. The number of carbonyl (C=O) groups excluding carboxylic acids is 2. The van der Waals surface area contributed by atoms with Crippen LogP contribution < -0.4 is 10.0 Å². The van der Waals surface area contributed by atoms with Crippen LogP contribution in [-0.2, 0) is 10.0 Å². The van der Waals surface area contributed by atoms with Gasteiger partial charge in [-0.25, -0.2) is 13.1 Å². The molecule has 3 aromatic rings. The molecule has 1 fully saturated rings. The molecule has 9 heteroatoms. The fourth-order valence-corrected chi connectivity index (χ4v) is 5.02. The maximum absolute atomic E-state index is 13.0. The summed E-state index contributed by atoms with van der Waals surface area (Å²) in [6.07, 6.45) is 2.46. The van der Waals surface area contributed by atoms with Gasteiger partial charge in [0.25, 0.3) is 11.8 Å². The number of sulfonamides is 1. The number of furan rings is 1. The van der Waals surface area contributed by atoms with Crippen LogP contribution in [0.2, 0.25) is 0 Å². The van der Waals surface area contributed by atoms with Crippen molar-refractivity contribution in [2.24, 2.45) is 0 Å². The average Bonchev–Trinajstić information content (AvgIpc) is 3.35. The molecule has 1 aliphatic rings. The lowest BCUT2D eigenvalue weighted by molar-refractivity contribution is 0.0711. The number of piperidine rings is 1. The van der Waals surface area contributed by atoms with Crippen molar-refractivity contribution in [2.45, 2.75) is 30.7 Å². The topological polar surface area (TPSA) is 109 Å². The van der Waals surface area contributed by atoms with E-state index in [9.17, 15) is 18.0 Å². The smallest absolute Gasteiger partial charge is 0.291 e. The highest BCUT2D eigenvalue weighted by Crippen LogP contribution is 2.19. The van der Waals surface area contributed by atoms with Gasteiger partial charge in [-0.05, 0) is 62.2 Å². The van der Waals surface area contributed by atoms with E-state index in [4.69, 9.17) is 4.42 Å². The lowest BCUT2D eigenvalue weighted by atomic mass is 10.0. The van der Waals surface area contributed by atoms with Crippen LogP contribution in [0.5, 0.6) is 0 Å². The maximum atomic E-state index is 13.0. The molecular formula is C24H25N3O5S. The summed E-state index contributed by atoms with van der Waals surface area (Å²) in [5.41, 5.74) is 1.93. The molecule has 0 unspecified atom stereocenters. The van der Waals surface area contributed by atoms with Crippen molar-refractivity contribution in [3.8, 4) is 0 Å². The zero-order chi connectivity index (χ0) is 23.4. The Hall–Kier alpha value is -3.43. The average molecular weight is 468 g/mol. The number of amides is 2. The third kappa shape index (κ3) is 5.50. The highest BCUT2D eigenvalue weighted by Gasteiger charge is 2.27. The molecule has 1 aliphatic heterocycles. The van der Waals surface area contributed by atoms with Crippen LogP contribution >= 0.6 is 0 Å². The van der Waals surface area contributed by atoms with E-state index in [1.807, 2.05) is 6.92 Å². The van der Waals surface area contributed by atoms with Gasteiger partial charge in [0.05, 0.1) is 11.2 Å². The molecule has 2 aromatic carbocycles. The molecule has 0 spiro atoms. The molecule has 0 aliphatic carbocycles. The van der Waals surface area contributed by atoms with Crippen molar-refractivity contribution in [2.75, 3.05) is 18.4 Å². The van der Waals surface area contributed by atoms with E-state index in [2.05, 4.69) is 10.0 Å². The maximum Gasteiger partial charge on any atom is 0.291 e. The van der Waals surface area contributed by atoms with E-state index in [1.165, 1.54) is 6.26 Å². The number of anilines is 1. The van der Waals surface area contributed by atoms with Gasteiger partial charge in [0.2, 0.25) is 10.0 Å². The lowest BCUT2D eigenvalue weighted by Gasteiger charge is -2.32. The van der Waals surface area contributed by atoms with Crippen LogP contribution in [0.1, 0.15) is 39.3 Å². The predicted octanol–water partition coefficient (Wildman–Crippen LogP) is 3.42. The minimum atomic E-state index is -3.60. The standard InChI is InChI=1S/C24H25N3O5S/c1-17-7-9-21(10-8-17)33(30,31)26-19-11-13-27(14-12-19)24(29)18-4-2-5-20(16-18)25-23(28)22-6-3-15-32-22/h2-10,15-16,19,26H,11-14H2,1H3,(H,25,28). The monoisotopic (exact) mass is 467 g/mol. The van der Waals surface area contributed by atoms with Gasteiger partial charge in [-0.1, -0.05) is 23.8 Å². The van der Waals surface area contributed by atoms with Crippen LogP contribution in [0, 0.1) is 6.92 Å². The van der Waals surface area contributed by atoms with Gasteiger partial charge >= 0.3 is 0 Å². The third-order valence-electron chi connectivity index (χ3n) is 5.55. The van der Waals surface area contributed by atoms with Crippen molar-refractivity contribution in [1.82, 2.24) is 9.62 Å². The minimum Gasteiger partial charge on any atom is -0.459 e. The number of benzene rings is 2. The van der Waals surface area contributed by atoms with Crippen LogP contribution in [0.15, 0.2) is 76.2 Å². The molecule has 0 saturated carbocycles. The van der Waals surface area contributed by atoms with E-state index in [-0.39, 0.29) is 22.6 Å². The Labute approximate surface area is 192 Å². The van der Waals surface area contributed by atoms with Gasteiger partial charge in [-0.15, -0.1) is 0 Å². The van der Waals surface area contributed by atoms with E-state index < -0.39 is 15.9 Å². The molecular weight excluding hydrogens is 442 g/mol. The largest absolute Gasteiger partial charge is 0.459 e. The summed E-state index contributed by atoms with van der Waals surface area (Å²) in [7, 11) is -3.60. The van der Waals surface area contributed by atoms with Crippen molar-refractivity contribution < 1.29 is 22.4 Å².